The third-order valence-electron chi connectivity index (χ3n) is 1.20. The SMILES string of the molecule is O=C(Cl)C(O)(COCCO)C(=O)Cl. The molecule has 0 saturated heterocycles. The summed E-state index contributed by atoms with van der Waals surface area (Å²) in [4.78, 5) is 21.1. The number of halogens is 2. The van der Waals surface area contributed by atoms with E-state index in [1.54, 1.807) is 0 Å². The van der Waals surface area contributed by atoms with Crippen molar-refractivity contribution in [2.45, 2.75) is 5.60 Å². The molecule has 0 aliphatic rings. The van der Waals surface area contributed by atoms with Gasteiger partial charge in [0.1, 0.15) is 0 Å². The van der Waals surface area contributed by atoms with Gasteiger partial charge in [0.2, 0.25) is 5.60 Å². The van der Waals surface area contributed by atoms with E-state index in [2.05, 4.69) is 4.74 Å². The van der Waals surface area contributed by atoms with Crippen molar-refractivity contribution in [1.29, 1.82) is 0 Å². The van der Waals surface area contributed by atoms with Crippen LogP contribution in [-0.4, -0.2) is 46.1 Å². The zero-order valence-corrected chi connectivity index (χ0v) is 8.01. The molecule has 0 aliphatic heterocycles. The Morgan fingerprint density at radius 3 is 2.08 bits per heavy atom. The van der Waals surface area contributed by atoms with E-state index >= 15 is 0 Å². The van der Waals surface area contributed by atoms with Crippen LogP contribution in [0.25, 0.3) is 0 Å². The van der Waals surface area contributed by atoms with Crippen LogP contribution in [0.5, 0.6) is 0 Å². The largest absolute Gasteiger partial charge is 0.394 e. The minimum Gasteiger partial charge on any atom is -0.394 e. The van der Waals surface area contributed by atoms with Gasteiger partial charge in [-0.05, 0) is 23.2 Å². The summed E-state index contributed by atoms with van der Waals surface area (Å²) in [6.45, 7) is -1.10. The van der Waals surface area contributed by atoms with Crippen LogP contribution in [0.15, 0.2) is 0 Å². The van der Waals surface area contributed by atoms with Crippen LogP contribution < -0.4 is 0 Å². The summed E-state index contributed by atoms with van der Waals surface area (Å²) < 4.78 is 4.56. The predicted molar refractivity (Wildman–Crippen MR) is 44.6 cm³/mol. The summed E-state index contributed by atoms with van der Waals surface area (Å²) in [6, 6.07) is 0. The van der Waals surface area contributed by atoms with Gasteiger partial charge in [0.25, 0.3) is 10.5 Å². The highest BCUT2D eigenvalue weighted by Crippen LogP contribution is 2.13. The van der Waals surface area contributed by atoms with Crippen molar-refractivity contribution in [3.05, 3.63) is 0 Å². The average molecular weight is 231 g/mol. The second-order valence-corrected chi connectivity index (χ2v) is 2.87. The molecule has 0 rings (SSSR count). The number of hydrogen-bond donors (Lipinski definition) is 2. The predicted octanol–water partition coefficient (Wildman–Crippen LogP) is -0.743. The standard InChI is InChI=1S/C6H8Cl2O5/c7-4(10)6(12,5(8)11)3-13-2-1-9/h9,12H,1-3H2. The van der Waals surface area contributed by atoms with Gasteiger partial charge < -0.3 is 14.9 Å². The van der Waals surface area contributed by atoms with Crippen LogP contribution in [0.1, 0.15) is 0 Å². The number of hydrogen-bond acceptors (Lipinski definition) is 5. The molecule has 0 fully saturated rings. The van der Waals surface area contributed by atoms with Crippen molar-refractivity contribution in [3.63, 3.8) is 0 Å². The van der Waals surface area contributed by atoms with Crippen LogP contribution in [0.3, 0.4) is 0 Å². The molecule has 0 spiro atoms. The fourth-order valence-corrected chi connectivity index (χ4v) is 0.804. The van der Waals surface area contributed by atoms with E-state index in [4.69, 9.17) is 28.3 Å². The first-order chi connectivity index (χ1) is 5.95. The quantitative estimate of drug-likeness (QED) is 0.357. The van der Waals surface area contributed by atoms with Gasteiger partial charge in [-0.15, -0.1) is 0 Å². The molecule has 0 aromatic heterocycles. The maximum Gasteiger partial charge on any atom is 0.264 e. The van der Waals surface area contributed by atoms with E-state index in [1.807, 2.05) is 0 Å². The molecular formula is C6H8Cl2O5. The lowest BCUT2D eigenvalue weighted by atomic mass is 10.1. The van der Waals surface area contributed by atoms with Gasteiger partial charge in [-0.25, -0.2) is 0 Å². The third kappa shape index (κ3) is 3.58. The lowest BCUT2D eigenvalue weighted by Crippen LogP contribution is -2.46. The lowest BCUT2D eigenvalue weighted by Gasteiger charge is -2.18. The first kappa shape index (κ1) is 12.8. The zero-order chi connectivity index (χ0) is 10.5. The maximum absolute atomic E-state index is 10.6. The molecule has 0 amide bonds. The molecule has 0 unspecified atom stereocenters. The Bertz CT molecular complexity index is 191. The van der Waals surface area contributed by atoms with E-state index in [1.165, 1.54) is 0 Å². The Morgan fingerprint density at radius 2 is 1.77 bits per heavy atom. The van der Waals surface area contributed by atoms with Gasteiger partial charge in [-0.3, -0.25) is 9.59 Å². The molecule has 0 saturated carbocycles. The van der Waals surface area contributed by atoms with Gasteiger partial charge >= 0.3 is 0 Å². The van der Waals surface area contributed by atoms with E-state index in [9.17, 15) is 14.7 Å². The molecular weight excluding hydrogens is 223 g/mol. The highest BCUT2D eigenvalue weighted by atomic mass is 35.5. The Labute approximate surface area is 84.2 Å². The molecule has 13 heavy (non-hydrogen) atoms. The summed E-state index contributed by atoms with van der Waals surface area (Å²) in [6.07, 6.45) is 0. The summed E-state index contributed by atoms with van der Waals surface area (Å²) in [5, 5.41) is 14.9. The van der Waals surface area contributed by atoms with E-state index in [-0.39, 0.29) is 13.2 Å². The second kappa shape index (κ2) is 5.51. The molecule has 0 atom stereocenters. The Morgan fingerprint density at radius 1 is 1.31 bits per heavy atom. The van der Waals surface area contributed by atoms with Gasteiger partial charge in [0, 0.05) is 0 Å². The average Bonchev–Trinajstić information content (AvgIpc) is 2.03. The topological polar surface area (TPSA) is 83.8 Å². The molecule has 0 bridgehead atoms. The van der Waals surface area contributed by atoms with Gasteiger partial charge in [0.05, 0.1) is 19.8 Å². The van der Waals surface area contributed by atoms with Crippen molar-refractivity contribution in [3.8, 4) is 0 Å². The minimum absolute atomic E-state index is 0.128. The normalized spacial score (nSPS) is 11.4. The summed E-state index contributed by atoms with van der Waals surface area (Å²) in [5.74, 6) is 0. The number of carbonyl (C=O) groups excluding carboxylic acids is 2. The number of rotatable bonds is 6. The highest BCUT2D eigenvalue weighted by molar-refractivity contribution is 6.75. The smallest absolute Gasteiger partial charge is 0.264 e. The number of carbonyl (C=O) groups is 2. The maximum atomic E-state index is 10.6. The first-order valence-corrected chi connectivity index (χ1v) is 4.01. The summed E-state index contributed by atoms with van der Waals surface area (Å²) in [7, 11) is 0. The minimum atomic E-state index is -2.53. The highest BCUT2D eigenvalue weighted by Gasteiger charge is 2.42. The summed E-state index contributed by atoms with van der Waals surface area (Å²) in [5.41, 5.74) is -2.53. The molecule has 7 heteroatoms. The van der Waals surface area contributed by atoms with Crippen molar-refractivity contribution in [2.75, 3.05) is 19.8 Å². The number of aliphatic hydroxyl groups is 2. The third-order valence-corrected chi connectivity index (χ3v) is 1.82. The van der Waals surface area contributed by atoms with Crippen LogP contribution in [0.2, 0.25) is 0 Å². The van der Waals surface area contributed by atoms with Crippen molar-refractivity contribution in [1.82, 2.24) is 0 Å². The fourth-order valence-electron chi connectivity index (χ4n) is 0.475. The molecule has 2 N–H and O–H groups in total. The number of aliphatic hydroxyl groups excluding tert-OH is 1. The van der Waals surface area contributed by atoms with Gasteiger partial charge in [-0.1, -0.05) is 0 Å². The molecule has 0 heterocycles. The zero-order valence-electron chi connectivity index (χ0n) is 6.50. The van der Waals surface area contributed by atoms with Gasteiger partial charge in [-0.2, -0.15) is 0 Å². The Kier molecular flexibility index (Phi) is 5.43. The Balaban J connectivity index is 4.26. The molecule has 0 radical (unpaired) electrons. The molecule has 0 aromatic carbocycles. The molecule has 0 aliphatic carbocycles. The molecule has 5 nitrogen and oxygen atoms in total. The second-order valence-electron chi connectivity index (χ2n) is 2.18. The van der Waals surface area contributed by atoms with E-state index < -0.39 is 22.7 Å². The molecule has 0 aromatic rings. The van der Waals surface area contributed by atoms with Crippen LogP contribution in [-0.2, 0) is 14.3 Å². The fraction of sp³-hybridized carbons (Fsp3) is 0.667. The van der Waals surface area contributed by atoms with Crippen molar-refractivity contribution < 1.29 is 24.5 Å². The van der Waals surface area contributed by atoms with Crippen LogP contribution in [0.4, 0.5) is 0 Å². The van der Waals surface area contributed by atoms with E-state index in [0.29, 0.717) is 0 Å². The monoisotopic (exact) mass is 230 g/mol. The van der Waals surface area contributed by atoms with Crippen molar-refractivity contribution >= 4 is 33.7 Å². The lowest BCUT2D eigenvalue weighted by molar-refractivity contribution is -0.147. The molecule has 76 valence electrons. The summed E-state index contributed by atoms with van der Waals surface area (Å²) >= 11 is 9.84. The van der Waals surface area contributed by atoms with Gasteiger partial charge in [0.15, 0.2) is 0 Å². The van der Waals surface area contributed by atoms with E-state index in [0.717, 1.165) is 0 Å². The Hall–Kier alpha value is -0.200. The number of ether oxygens (including phenoxy) is 1. The van der Waals surface area contributed by atoms with Crippen LogP contribution >= 0.6 is 23.2 Å². The first-order valence-electron chi connectivity index (χ1n) is 3.26. The van der Waals surface area contributed by atoms with Crippen molar-refractivity contribution in [2.24, 2.45) is 0 Å². The van der Waals surface area contributed by atoms with Crippen LogP contribution in [0, 0.1) is 0 Å².